The smallest absolute Gasteiger partial charge is 0.350 e. The second-order valence-corrected chi connectivity index (χ2v) is 6.51. The fourth-order valence-electron chi connectivity index (χ4n) is 2.25. The molecule has 0 spiro atoms. The highest BCUT2D eigenvalue weighted by atomic mass is 79.9. The van der Waals surface area contributed by atoms with Crippen LogP contribution in [0.4, 0.5) is 5.69 Å². The minimum absolute atomic E-state index is 0.339. The summed E-state index contributed by atoms with van der Waals surface area (Å²) in [4.78, 5) is 13.6. The van der Waals surface area contributed by atoms with Crippen LogP contribution in [0.15, 0.2) is 22.7 Å². The maximum absolute atomic E-state index is 12.0. The van der Waals surface area contributed by atoms with Crippen molar-refractivity contribution in [2.45, 2.75) is 27.2 Å². The van der Waals surface area contributed by atoms with Crippen LogP contribution in [0, 0.1) is 6.92 Å². The van der Waals surface area contributed by atoms with Crippen molar-refractivity contribution in [1.82, 2.24) is 0 Å². The van der Waals surface area contributed by atoms with E-state index < -0.39 is 0 Å². The highest BCUT2D eigenvalue weighted by Gasteiger charge is 2.22. The lowest BCUT2D eigenvalue weighted by atomic mass is 10.0. The molecule has 21 heavy (non-hydrogen) atoms. The van der Waals surface area contributed by atoms with E-state index in [1.165, 1.54) is 11.3 Å². The van der Waals surface area contributed by atoms with E-state index in [4.69, 9.17) is 10.5 Å². The molecule has 0 amide bonds. The van der Waals surface area contributed by atoms with Crippen LogP contribution in [-0.2, 0) is 11.2 Å². The molecule has 0 fully saturated rings. The number of nitrogen functional groups attached to an aromatic ring is 1. The molecule has 0 bridgehead atoms. The topological polar surface area (TPSA) is 52.3 Å². The minimum atomic E-state index is -0.339. The quantitative estimate of drug-likeness (QED) is 0.788. The number of hydrogen-bond donors (Lipinski definition) is 1. The Hall–Kier alpha value is -1.33. The lowest BCUT2D eigenvalue weighted by Crippen LogP contribution is -2.05. The number of hydrogen-bond acceptors (Lipinski definition) is 4. The van der Waals surface area contributed by atoms with Crippen LogP contribution in [0.2, 0.25) is 0 Å². The molecule has 1 aromatic heterocycles. The van der Waals surface area contributed by atoms with E-state index in [2.05, 4.69) is 28.9 Å². The molecule has 1 aromatic carbocycles. The van der Waals surface area contributed by atoms with E-state index in [1.807, 2.05) is 19.1 Å². The molecule has 0 atom stereocenters. The van der Waals surface area contributed by atoms with E-state index in [0.29, 0.717) is 17.2 Å². The first kappa shape index (κ1) is 16.0. The van der Waals surface area contributed by atoms with Gasteiger partial charge in [-0.05, 0) is 43.0 Å². The molecule has 1 heterocycles. The van der Waals surface area contributed by atoms with Gasteiger partial charge in [-0.3, -0.25) is 0 Å². The van der Waals surface area contributed by atoms with Crippen molar-refractivity contribution in [3.05, 3.63) is 38.7 Å². The number of carbonyl (C=O) groups excluding carboxylic acids is 1. The van der Waals surface area contributed by atoms with E-state index in [0.717, 1.165) is 32.5 Å². The predicted molar refractivity (Wildman–Crippen MR) is 91.9 cm³/mol. The molecule has 0 unspecified atom stereocenters. The highest BCUT2D eigenvalue weighted by molar-refractivity contribution is 9.10. The van der Waals surface area contributed by atoms with Crippen molar-refractivity contribution in [1.29, 1.82) is 0 Å². The van der Waals surface area contributed by atoms with Gasteiger partial charge in [-0.15, -0.1) is 11.3 Å². The average Bonchev–Trinajstić information content (AvgIpc) is 2.79. The molecule has 2 rings (SSSR count). The maximum Gasteiger partial charge on any atom is 0.350 e. The van der Waals surface area contributed by atoms with Crippen LogP contribution >= 0.6 is 27.3 Å². The summed E-state index contributed by atoms with van der Waals surface area (Å²) in [6, 6.07) is 6.05. The molecule has 3 nitrogen and oxygen atoms in total. The lowest BCUT2D eigenvalue weighted by Gasteiger charge is -2.08. The Labute approximate surface area is 137 Å². The lowest BCUT2D eigenvalue weighted by molar-refractivity contribution is 0.0533. The Morgan fingerprint density at radius 1 is 1.38 bits per heavy atom. The van der Waals surface area contributed by atoms with Gasteiger partial charge in [0.25, 0.3) is 0 Å². The van der Waals surface area contributed by atoms with Crippen LogP contribution in [0.5, 0.6) is 0 Å². The summed E-state index contributed by atoms with van der Waals surface area (Å²) in [5, 5.41) is 0. The van der Waals surface area contributed by atoms with Crippen LogP contribution in [0.1, 0.15) is 34.6 Å². The molecular weight excluding hydrogens is 350 g/mol. The van der Waals surface area contributed by atoms with Crippen molar-refractivity contribution < 1.29 is 9.53 Å². The molecule has 112 valence electrons. The van der Waals surface area contributed by atoms with Gasteiger partial charge in [-0.1, -0.05) is 35.0 Å². The molecule has 0 saturated heterocycles. The molecule has 0 aliphatic rings. The Morgan fingerprint density at radius 2 is 2.10 bits per heavy atom. The number of ether oxygens (including phenoxy) is 1. The van der Waals surface area contributed by atoms with E-state index in [9.17, 15) is 4.79 Å². The summed E-state index contributed by atoms with van der Waals surface area (Å²) < 4.78 is 6.14. The number of rotatable bonds is 4. The van der Waals surface area contributed by atoms with Gasteiger partial charge in [0.15, 0.2) is 0 Å². The largest absolute Gasteiger partial charge is 0.462 e. The molecule has 0 aliphatic heterocycles. The number of carbonyl (C=O) groups is 1. The van der Waals surface area contributed by atoms with Gasteiger partial charge >= 0.3 is 5.97 Å². The van der Waals surface area contributed by atoms with Gasteiger partial charge in [0.1, 0.15) is 4.88 Å². The maximum atomic E-state index is 12.0. The second kappa shape index (κ2) is 6.62. The van der Waals surface area contributed by atoms with Crippen molar-refractivity contribution >= 4 is 38.9 Å². The third kappa shape index (κ3) is 2.99. The minimum Gasteiger partial charge on any atom is -0.462 e. The zero-order valence-electron chi connectivity index (χ0n) is 12.3. The molecular formula is C16H18BrNO2S. The van der Waals surface area contributed by atoms with E-state index in [1.54, 1.807) is 6.92 Å². The van der Waals surface area contributed by atoms with Gasteiger partial charge in [0, 0.05) is 9.35 Å². The van der Waals surface area contributed by atoms with Crippen molar-refractivity contribution in [2.24, 2.45) is 0 Å². The van der Waals surface area contributed by atoms with Crippen molar-refractivity contribution in [3.63, 3.8) is 0 Å². The van der Waals surface area contributed by atoms with Gasteiger partial charge in [0.05, 0.1) is 12.3 Å². The van der Waals surface area contributed by atoms with E-state index >= 15 is 0 Å². The number of esters is 1. The number of benzene rings is 1. The first-order chi connectivity index (χ1) is 10.0. The first-order valence-corrected chi connectivity index (χ1v) is 8.45. The summed E-state index contributed by atoms with van der Waals surface area (Å²) in [6.45, 7) is 6.24. The molecule has 0 aliphatic carbocycles. The highest BCUT2D eigenvalue weighted by Crippen LogP contribution is 2.41. The fraction of sp³-hybridized carbons (Fsp3) is 0.312. The van der Waals surface area contributed by atoms with Crippen LogP contribution in [0.25, 0.3) is 10.4 Å². The van der Waals surface area contributed by atoms with Crippen LogP contribution in [-0.4, -0.2) is 12.6 Å². The Balaban J connectivity index is 2.61. The first-order valence-electron chi connectivity index (χ1n) is 6.84. The molecule has 2 N–H and O–H groups in total. The number of halogens is 1. The van der Waals surface area contributed by atoms with Gasteiger partial charge in [0.2, 0.25) is 0 Å². The van der Waals surface area contributed by atoms with Crippen molar-refractivity contribution in [2.75, 3.05) is 12.3 Å². The number of thiophene rings is 1. The molecule has 0 saturated carbocycles. The second-order valence-electron chi connectivity index (χ2n) is 4.64. The Kier molecular flexibility index (Phi) is 5.06. The Morgan fingerprint density at radius 3 is 2.71 bits per heavy atom. The zero-order valence-corrected chi connectivity index (χ0v) is 14.7. The average molecular weight is 368 g/mol. The number of nitrogens with two attached hydrogens (primary N) is 1. The summed E-state index contributed by atoms with van der Waals surface area (Å²) >= 11 is 4.97. The third-order valence-corrected chi connectivity index (χ3v) is 5.49. The monoisotopic (exact) mass is 367 g/mol. The van der Waals surface area contributed by atoms with Crippen molar-refractivity contribution in [3.8, 4) is 10.4 Å². The summed E-state index contributed by atoms with van der Waals surface area (Å²) in [6.07, 6.45) is 0.781. The predicted octanol–water partition coefficient (Wildman–Crippen LogP) is 4.81. The Bertz CT molecular complexity index is 679. The third-order valence-electron chi connectivity index (χ3n) is 3.37. The summed E-state index contributed by atoms with van der Waals surface area (Å²) in [7, 11) is 0. The molecule has 2 aromatic rings. The summed E-state index contributed by atoms with van der Waals surface area (Å²) in [5.74, 6) is -0.339. The normalized spacial score (nSPS) is 10.7. The molecule has 0 radical (unpaired) electrons. The van der Waals surface area contributed by atoms with E-state index in [-0.39, 0.29) is 5.97 Å². The van der Waals surface area contributed by atoms with Crippen LogP contribution in [0.3, 0.4) is 0 Å². The van der Waals surface area contributed by atoms with Gasteiger partial charge < -0.3 is 10.5 Å². The zero-order chi connectivity index (χ0) is 15.6. The standard InChI is InChI=1S/C16H18BrNO2S/c1-4-10-13(18)15(16(19)20-5-2)21-14(10)11-7-6-8-12(17)9(11)3/h6-8H,4-5,18H2,1-3H3. The SMILES string of the molecule is CCOC(=O)c1sc(-c2cccc(Br)c2C)c(CC)c1N. The fourth-order valence-corrected chi connectivity index (χ4v) is 3.90. The van der Waals surface area contributed by atoms with Gasteiger partial charge in [-0.2, -0.15) is 0 Å². The van der Waals surface area contributed by atoms with Crippen LogP contribution < -0.4 is 5.73 Å². The molecule has 5 heteroatoms. The summed E-state index contributed by atoms with van der Waals surface area (Å²) in [5.41, 5.74) is 9.99. The number of anilines is 1. The van der Waals surface area contributed by atoms with Gasteiger partial charge in [-0.25, -0.2) is 4.79 Å².